The molecule has 0 radical (unpaired) electrons. The maximum atomic E-state index is 5.40. The standard InChI is InChI=1S/C8H8N4/c9-3-8-11-4-6-1-2-10-5-7(6)12-8/h1-2,4-5H,3,9H2. The summed E-state index contributed by atoms with van der Waals surface area (Å²) in [6, 6.07) is 1.87. The Bertz CT molecular complexity index is 399. The van der Waals surface area contributed by atoms with Crippen molar-refractivity contribution in [1.29, 1.82) is 0 Å². The first-order valence-corrected chi connectivity index (χ1v) is 3.66. The first-order valence-electron chi connectivity index (χ1n) is 3.66. The van der Waals surface area contributed by atoms with Crippen molar-refractivity contribution >= 4 is 10.9 Å². The van der Waals surface area contributed by atoms with Crippen LogP contribution in [-0.2, 0) is 6.54 Å². The minimum absolute atomic E-state index is 0.366. The normalized spacial score (nSPS) is 10.4. The Morgan fingerprint density at radius 1 is 1.33 bits per heavy atom. The lowest BCUT2D eigenvalue weighted by molar-refractivity contribution is 0.925. The van der Waals surface area contributed by atoms with E-state index in [1.165, 1.54) is 0 Å². The Morgan fingerprint density at radius 3 is 3.08 bits per heavy atom. The van der Waals surface area contributed by atoms with E-state index in [0.717, 1.165) is 10.9 Å². The van der Waals surface area contributed by atoms with Crippen LogP contribution in [0.5, 0.6) is 0 Å². The van der Waals surface area contributed by atoms with Gasteiger partial charge in [-0.2, -0.15) is 0 Å². The minimum atomic E-state index is 0.366. The van der Waals surface area contributed by atoms with E-state index in [0.29, 0.717) is 12.4 Å². The molecular formula is C8H8N4. The highest BCUT2D eigenvalue weighted by Crippen LogP contribution is 2.06. The Kier molecular flexibility index (Phi) is 1.68. The third-order valence-electron chi connectivity index (χ3n) is 1.62. The summed E-state index contributed by atoms with van der Waals surface area (Å²) in [6.07, 6.45) is 5.18. The molecular weight excluding hydrogens is 152 g/mol. The zero-order valence-corrected chi connectivity index (χ0v) is 6.44. The molecule has 0 aliphatic heterocycles. The summed E-state index contributed by atoms with van der Waals surface area (Å²) in [5.74, 6) is 0.649. The summed E-state index contributed by atoms with van der Waals surface area (Å²) in [5, 5.41) is 0.988. The molecule has 0 aliphatic carbocycles. The number of nitrogens with two attached hydrogens (primary N) is 1. The van der Waals surface area contributed by atoms with Crippen molar-refractivity contribution in [3.8, 4) is 0 Å². The van der Waals surface area contributed by atoms with Gasteiger partial charge in [0.2, 0.25) is 0 Å². The molecule has 4 nitrogen and oxygen atoms in total. The van der Waals surface area contributed by atoms with Crippen molar-refractivity contribution in [2.24, 2.45) is 5.73 Å². The van der Waals surface area contributed by atoms with Gasteiger partial charge in [-0.25, -0.2) is 9.97 Å². The van der Waals surface area contributed by atoms with Crippen molar-refractivity contribution < 1.29 is 0 Å². The second-order valence-corrected chi connectivity index (χ2v) is 2.42. The number of rotatable bonds is 1. The molecule has 0 bridgehead atoms. The molecule has 0 saturated carbocycles. The highest BCUT2D eigenvalue weighted by Gasteiger charge is 1.96. The van der Waals surface area contributed by atoms with Gasteiger partial charge in [-0.15, -0.1) is 0 Å². The zero-order chi connectivity index (χ0) is 8.39. The van der Waals surface area contributed by atoms with Gasteiger partial charge in [0.05, 0.1) is 18.3 Å². The van der Waals surface area contributed by atoms with Gasteiger partial charge in [0, 0.05) is 17.8 Å². The molecule has 0 aromatic carbocycles. The molecule has 0 aliphatic rings. The van der Waals surface area contributed by atoms with Crippen molar-refractivity contribution in [3.63, 3.8) is 0 Å². The summed E-state index contributed by atoms with van der Waals surface area (Å²) in [5.41, 5.74) is 6.24. The molecule has 0 fully saturated rings. The molecule has 12 heavy (non-hydrogen) atoms. The van der Waals surface area contributed by atoms with E-state index in [9.17, 15) is 0 Å². The van der Waals surface area contributed by atoms with E-state index in [1.54, 1.807) is 18.6 Å². The van der Waals surface area contributed by atoms with Crippen LogP contribution in [0.3, 0.4) is 0 Å². The van der Waals surface area contributed by atoms with Crippen LogP contribution in [0, 0.1) is 0 Å². The van der Waals surface area contributed by atoms with Gasteiger partial charge < -0.3 is 5.73 Å². The Balaban J connectivity index is 2.67. The Labute approximate surface area is 69.5 Å². The van der Waals surface area contributed by atoms with Crippen molar-refractivity contribution in [2.75, 3.05) is 0 Å². The Morgan fingerprint density at radius 2 is 2.25 bits per heavy atom. The maximum Gasteiger partial charge on any atom is 0.142 e. The highest BCUT2D eigenvalue weighted by atomic mass is 14.9. The van der Waals surface area contributed by atoms with Crippen LogP contribution in [0.2, 0.25) is 0 Å². The predicted octanol–water partition coefficient (Wildman–Crippen LogP) is 0.483. The number of pyridine rings is 1. The van der Waals surface area contributed by atoms with Gasteiger partial charge in [-0.3, -0.25) is 4.98 Å². The lowest BCUT2D eigenvalue weighted by Gasteiger charge is -1.97. The van der Waals surface area contributed by atoms with Crippen molar-refractivity contribution in [2.45, 2.75) is 6.54 Å². The summed E-state index contributed by atoms with van der Waals surface area (Å²) in [6.45, 7) is 0.366. The number of nitrogens with zero attached hydrogens (tertiary/aromatic N) is 3. The molecule has 2 aromatic heterocycles. The van der Waals surface area contributed by atoms with Gasteiger partial charge in [-0.1, -0.05) is 0 Å². The van der Waals surface area contributed by atoms with Crippen LogP contribution in [0.1, 0.15) is 5.82 Å². The molecule has 2 aromatic rings. The SMILES string of the molecule is NCc1ncc2ccncc2n1. The topological polar surface area (TPSA) is 64.7 Å². The molecule has 60 valence electrons. The number of aromatic nitrogens is 3. The van der Waals surface area contributed by atoms with Gasteiger partial charge in [0.15, 0.2) is 0 Å². The molecule has 4 heteroatoms. The second-order valence-electron chi connectivity index (χ2n) is 2.42. The first kappa shape index (κ1) is 7.12. The smallest absolute Gasteiger partial charge is 0.142 e. The van der Waals surface area contributed by atoms with Gasteiger partial charge in [0.1, 0.15) is 5.82 Å². The molecule has 0 atom stereocenters. The van der Waals surface area contributed by atoms with Crippen molar-refractivity contribution in [1.82, 2.24) is 15.0 Å². The van der Waals surface area contributed by atoms with E-state index in [1.807, 2.05) is 6.07 Å². The average Bonchev–Trinajstić information content (AvgIpc) is 2.17. The minimum Gasteiger partial charge on any atom is -0.324 e. The molecule has 2 heterocycles. The lowest BCUT2D eigenvalue weighted by Crippen LogP contribution is -2.02. The summed E-state index contributed by atoms with van der Waals surface area (Å²) < 4.78 is 0. The summed E-state index contributed by atoms with van der Waals surface area (Å²) in [4.78, 5) is 12.2. The van der Waals surface area contributed by atoms with Gasteiger partial charge in [0.25, 0.3) is 0 Å². The number of hydrogen-bond acceptors (Lipinski definition) is 4. The van der Waals surface area contributed by atoms with Crippen molar-refractivity contribution in [3.05, 3.63) is 30.5 Å². The van der Waals surface area contributed by atoms with Crippen LogP contribution < -0.4 is 5.73 Å². The fourth-order valence-electron chi connectivity index (χ4n) is 1.01. The third kappa shape index (κ3) is 1.12. The Hall–Kier alpha value is -1.55. The highest BCUT2D eigenvalue weighted by molar-refractivity contribution is 5.75. The first-order chi connectivity index (χ1) is 5.90. The molecule has 2 N–H and O–H groups in total. The second kappa shape index (κ2) is 2.83. The van der Waals surface area contributed by atoms with Gasteiger partial charge >= 0.3 is 0 Å². The van der Waals surface area contributed by atoms with E-state index < -0.39 is 0 Å². The molecule has 0 unspecified atom stereocenters. The number of hydrogen-bond donors (Lipinski definition) is 1. The summed E-state index contributed by atoms with van der Waals surface area (Å²) >= 11 is 0. The average molecular weight is 160 g/mol. The van der Waals surface area contributed by atoms with Crippen LogP contribution in [0.4, 0.5) is 0 Å². The van der Waals surface area contributed by atoms with Crippen LogP contribution >= 0.6 is 0 Å². The monoisotopic (exact) mass is 160 g/mol. The molecule has 2 rings (SSSR count). The van der Waals surface area contributed by atoms with Crippen LogP contribution in [0.15, 0.2) is 24.7 Å². The van der Waals surface area contributed by atoms with E-state index >= 15 is 0 Å². The number of fused-ring (bicyclic) bond motifs is 1. The summed E-state index contributed by atoms with van der Waals surface area (Å²) in [7, 11) is 0. The quantitative estimate of drug-likeness (QED) is 0.659. The van der Waals surface area contributed by atoms with Crippen LogP contribution in [0.25, 0.3) is 10.9 Å². The van der Waals surface area contributed by atoms with E-state index in [2.05, 4.69) is 15.0 Å². The lowest BCUT2D eigenvalue weighted by atomic mass is 10.3. The third-order valence-corrected chi connectivity index (χ3v) is 1.62. The van der Waals surface area contributed by atoms with Crippen LogP contribution in [-0.4, -0.2) is 15.0 Å². The van der Waals surface area contributed by atoms with E-state index in [-0.39, 0.29) is 0 Å². The fraction of sp³-hybridized carbons (Fsp3) is 0.125. The predicted molar refractivity (Wildman–Crippen MR) is 45.2 cm³/mol. The molecule has 0 spiro atoms. The van der Waals surface area contributed by atoms with E-state index in [4.69, 9.17) is 5.73 Å². The largest absolute Gasteiger partial charge is 0.324 e. The zero-order valence-electron chi connectivity index (χ0n) is 6.44. The maximum absolute atomic E-state index is 5.40. The molecule has 0 amide bonds. The fourth-order valence-corrected chi connectivity index (χ4v) is 1.01. The van der Waals surface area contributed by atoms with Gasteiger partial charge in [-0.05, 0) is 6.07 Å². The molecule has 0 saturated heterocycles.